The minimum atomic E-state index is 1.22. The molecule has 1 radical (unpaired) electrons. The maximum Gasteiger partial charge on any atom is -0.00120 e. The van der Waals surface area contributed by atoms with Crippen LogP contribution in [-0.4, -0.2) is 0 Å². The van der Waals surface area contributed by atoms with Gasteiger partial charge in [-0.05, 0) is 29.9 Å². The van der Waals surface area contributed by atoms with Crippen molar-refractivity contribution in [2.45, 2.75) is 40.0 Å². The summed E-state index contributed by atoms with van der Waals surface area (Å²) in [6.07, 6.45) is 3.80. The number of benzene rings is 1. The molecule has 1 aromatic rings. The van der Waals surface area contributed by atoms with Gasteiger partial charge in [0.25, 0.3) is 0 Å². The van der Waals surface area contributed by atoms with Gasteiger partial charge in [-0.25, -0.2) is 0 Å². The summed E-state index contributed by atoms with van der Waals surface area (Å²) < 4.78 is 0. The summed E-state index contributed by atoms with van der Waals surface area (Å²) in [6.45, 7) is 6.54. The van der Waals surface area contributed by atoms with Crippen LogP contribution in [0.1, 0.15) is 44.7 Å². The Hall–Kier alpha value is -0.780. The van der Waals surface area contributed by atoms with Gasteiger partial charge in [0.2, 0.25) is 0 Å². The normalized spacial score (nSPS) is 10.8. The van der Waals surface area contributed by atoms with Crippen molar-refractivity contribution in [1.82, 2.24) is 0 Å². The summed E-state index contributed by atoms with van der Waals surface area (Å²) >= 11 is 0. The van der Waals surface area contributed by atoms with Gasteiger partial charge >= 0.3 is 0 Å². The molecule has 0 spiro atoms. The molecular formula is C13H19. The maximum atomic E-state index is 2.25. The van der Waals surface area contributed by atoms with Gasteiger partial charge in [-0.15, -0.1) is 0 Å². The third-order valence-corrected chi connectivity index (χ3v) is 2.35. The van der Waals surface area contributed by atoms with E-state index >= 15 is 0 Å². The summed E-state index contributed by atoms with van der Waals surface area (Å²) in [6, 6.07) is 8.94. The molecule has 0 N–H and O–H groups in total. The van der Waals surface area contributed by atoms with Crippen molar-refractivity contribution in [2.24, 2.45) is 0 Å². The quantitative estimate of drug-likeness (QED) is 0.649. The van der Waals surface area contributed by atoms with Crippen LogP contribution in [0.3, 0.4) is 0 Å². The summed E-state index contributed by atoms with van der Waals surface area (Å²) in [4.78, 5) is 0. The van der Waals surface area contributed by atoms with Gasteiger partial charge in [-0.2, -0.15) is 0 Å². The minimum absolute atomic E-state index is 1.22. The van der Waals surface area contributed by atoms with E-state index in [4.69, 9.17) is 0 Å². The van der Waals surface area contributed by atoms with Crippen molar-refractivity contribution < 1.29 is 0 Å². The van der Waals surface area contributed by atoms with Gasteiger partial charge in [0.15, 0.2) is 0 Å². The zero-order valence-electron chi connectivity index (χ0n) is 8.93. The van der Waals surface area contributed by atoms with Gasteiger partial charge in [0.1, 0.15) is 0 Å². The van der Waals surface area contributed by atoms with E-state index in [-0.39, 0.29) is 0 Å². The van der Waals surface area contributed by atoms with Crippen LogP contribution in [0.4, 0.5) is 0 Å². The second-order valence-electron chi connectivity index (χ2n) is 3.80. The molecule has 0 fully saturated rings. The summed E-state index contributed by atoms with van der Waals surface area (Å²) in [7, 11) is 0. The molecule has 71 valence electrons. The molecular weight excluding hydrogens is 156 g/mol. The molecule has 0 unspecified atom stereocenters. The van der Waals surface area contributed by atoms with Crippen LogP contribution in [0.5, 0.6) is 0 Å². The molecule has 0 saturated carbocycles. The third-order valence-electron chi connectivity index (χ3n) is 2.35. The molecule has 0 atom stereocenters. The summed E-state index contributed by atoms with van der Waals surface area (Å²) in [5.41, 5.74) is 2.83. The van der Waals surface area contributed by atoms with Gasteiger partial charge in [-0.1, -0.05) is 51.5 Å². The van der Waals surface area contributed by atoms with Crippen LogP contribution in [0, 0.1) is 5.92 Å². The van der Waals surface area contributed by atoms with E-state index in [9.17, 15) is 0 Å². The lowest BCUT2D eigenvalue weighted by Crippen LogP contribution is -1.89. The van der Waals surface area contributed by atoms with E-state index in [1.165, 1.54) is 36.3 Å². The average molecular weight is 175 g/mol. The molecule has 0 amide bonds. The standard InChI is InChI=1S/C13H19/c1-4-5-6-12-7-9-13(10-8-12)11(2)3/h7-10H,4-6H2,1-3H3. The van der Waals surface area contributed by atoms with Gasteiger partial charge < -0.3 is 0 Å². The molecule has 0 aromatic heterocycles. The Morgan fingerprint density at radius 2 is 1.69 bits per heavy atom. The minimum Gasteiger partial charge on any atom is -0.0654 e. The first kappa shape index (κ1) is 10.3. The lowest BCUT2D eigenvalue weighted by Gasteiger charge is -2.05. The first-order chi connectivity index (χ1) is 6.24. The zero-order chi connectivity index (χ0) is 9.68. The Balaban J connectivity index is 2.59. The van der Waals surface area contributed by atoms with E-state index < -0.39 is 0 Å². The van der Waals surface area contributed by atoms with Crippen LogP contribution in [-0.2, 0) is 6.42 Å². The predicted molar refractivity (Wildman–Crippen MR) is 58.7 cm³/mol. The van der Waals surface area contributed by atoms with E-state index in [0.717, 1.165) is 0 Å². The lowest BCUT2D eigenvalue weighted by molar-refractivity contribution is 0.795. The molecule has 0 aliphatic carbocycles. The first-order valence-electron chi connectivity index (χ1n) is 5.13. The largest absolute Gasteiger partial charge is 0.0654 e. The topological polar surface area (TPSA) is 0 Å². The molecule has 0 heteroatoms. The summed E-state index contributed by atoms with van der Waals surface area (Å²) in [5, 5.41) is 0. The van der Waals surface area contributed by atoms with Gasteiger partial charge in [0.05, 0.1) is 0 Å². The Morgan fingerprint density at radius 1 is 1.08 bits per heavy atom. The van der Waals surface area contributed by atoms with Crippen molar-refractivity contribution >= 4 is 0 Å². The second kappa shape index (κ2) is 5.06. The molecule has 0 nitrogen and oxygen atoms in total. The van der Waals surface area contributed by atoms with E-state index in [0.29, 0.717) is 0 Å². The molecule has 0 aliphatic heterocycles. The van der Waals surface area contributed by atoms with Crippen molar-refractivity contribution in [2.75, 3.05) is 0 Å². The predicted octanol–water partition coefficient (Wildman–Crippen LogP) is 3.99. The van der Waals surface area contributed by atoms with Crippen LogP contribution < -0.4 is 0 Å². The van der Waals surface area contributed by atoms with Crippen molar-refractivity contribution in [1.29, 1.82) is 0 Å². The van der Waals surface area contributed by atoms with Crippen molar-refractivity contribution in [3.8, 4) is 0 Å². The fraction of sp³-hybridized carbons (Fsp3) is 0.462. The molecule has 13 heavy (non-hydrogen) atoms. The Bertz CT molecular complexity index is 231. The average Bonchev–Trinajstić information content (AvgIpc) is 2.15. The van der Waals surface area contributed by atoms with E-state index in [1.54, 1.807) is 0 Å². The monoisotopic (exact) mass is 175 g/mol. The van der Waals surface area contributed by atoms with Crippen LogP contribution in [0.25, 0.3) is 0 Å². The number of hydrogen-bond acceptors (Lipinski definition) is 0. The number of hydrogen-bond donors (Lipinski definition) is 0. The highest BCUT2D eigenvalue weighted by molar-refractivity contribution is 5.31. The smallest absolute Gasteiger partial charge is 0.00120 e. The molecule has 0 bridgehead atoms. The third kappa shape index (κ3) is 3.22. The van der Waals surface area contributed by atoms with E-state index in [2.05, 4.69) is 45.0 Å². The van der Waals surface area contributed by atoms with Gasteiger partial charge in [-0.3, -0.25) is 0 Å². The molecule has 0 aliphatic rings. The van der Waals surface area contributed by atoms with Crippen LogP contribution in [0.15, 0.2) is 24.3 Å². The fourth-order valence-electron chi connectivity index (χ4n) is 1.39. The molecule has 0 saturated heterocycles. The SMILES string of the molecule is CCCCc1ccc([C](C)C)cc1. The number of aryl methyl sites for hydroxylation is 1. The van der Waals surface area contributed by atoms with Gasteiger partial charge in [0, 0.05) is 0 Å². The molecule has 1 rings (SSSR count). The Morgan fingerprint density at radius 3 is 2.15 bits per heavy atom. The first-order valence-corrected chi connectivity index (χ1v) is 5.13. The highest BCUT2D eigenvalue weighted by Crippen LogP contribution is 2.14. The lowest BCUT2D eigenvalue weighted by atomic mass is 10.00. The molecule has 1 aromatic carbocycles. The van der Waals surface area contributed by atoms with Crippen molar-refractivity contribution in [3.05, 3.63) is 41.3 Å². The highest BCUT2D eigenvalue weighted by atomic mass is 14.0. The van der Waals surface area contributed by atoms with Crippen LogP contribution in [0.2, 0.25) is 0 Å². The number of unbranched alkanes of at least 4 members (excludes halogenated alkanes) is 1. The Kier molecular flexibility index (Phi) is 4.01. The number of rotatable bonds is 4. The van der Waals surface area contributed by atoms with Crippen molar-refractivity contribution in [3.63, 3.8) is 0 Å². The Labute approximate surface area is 82.0 Å². The second-order valence-corrected chi connectivity index (χ2v) is 3.80. The van der Waals surface area contributed by atoms with E-state index in [1.807, 2.05) is 0 Å². The highest BCUT2D eigenvalue weighted by Gasteiger charge is 1.98. The summed E-state index contributed by atoms with van der Waals surface area (Å²) in [5.74, 6) is 1.39. The van der Waals surface area contributed by atoms with Crippen LogP contribution >= 0.6 is 0 Å². The molecule has 0 heterocycles. The fourth-order valence-corrected chi connectivity index (χ4v) is 1.39. The zero-order valence-corrected chi connectivity index (χ0v) is 8.93. The maximum absolute atomic E-state index is 2.25.